The van der Waals surface area contributed by atoms with E-state index in [1.807, 2.05) is 44.2 Å². The van der Waals surface area contributed by atoms with Crippen molar-refractivity contribution in [3.8, 4) is 0 Å². The van der Waals surface area contributed by atoms with Crippen LogP contribution in [0.1, 0.15) is 13.8 Å². The van der Waals surface area contributed by atoms with Crippen LogP contribution in [0.15, 0.2) is 60.8 Å². The van der Waals surface area contributed by atoms with E-state index in [1.165, 1.54) is 5.57 Å². The van der Waals surface area contributed by atoms with Gasteiger partial charge in [0.05, 0.1) is 0 Å². The van der Waals surface area contributed by atoms with Gasteiger partial charge in [0.2, 0.25) is 0 Å². The smallest absolute Gasteiger partial charge is 0.0398 e. The standard InChI is InChI=1S/C12H16/c1-5-8-12(4)10-7-9-11(3)6-2/h5-10H,1-2H2,3-4H3/b10-7-,11-9-,12-8+. The Bertz CT molecular complexity index is 237. The third-order valence-electron chi connectivity index (χ3n) is 1.42. The minimum atomic E-state index is 1.16. The summed E-state index contributed by atoms with van der Waals surface area (Å²) < 4.78 is 0. The summed E-state index contributed by atoms with van der Waals surface area (Å²) in [6.45, 7) is 11.3. The van der Waals surface area contributed by atoms with Crippen LogP contribution in [-0.2, 0) is 0 Å². The Labute approximate surface area is 75.3 Å². The molecule has 12 heavy (non-hydrogen) atoms. The van der Waals surface area contributed by atoms with Crippen LogP contribution in [0.25, 0.3) is 0 Å². The third kappa shape index (κ3) is 5.48. The van der Waals surface area contributed by atoms with Crippen LogP contribution in [0.3, 0.4) is 0 Å². The fourth-order valence-corrected chi connectivity index (χ4v) is 0.661. The molecular weight excluding hydrogens is 144 g/mol. The highest BCUT2D eigenvalue weighted by molar-refractivity contribution is 5.27. The summed E-state index contributed by atoms with van der Waals surface area (Å²) in [4.78, 5) is 0. The van der Waals surface area contributed by atoms with Crippen molar-refractivity contribution in [2.75, 3.05) is 0 Å². The van der Waals surface area contributed by atoms with Crippen molar-refractivity contribution in [3.05, 3.63) is 60.8 Å². The van der Waals surface area contributed by atoms with Crippen LogP contribution in [0.5, 0.6) is 0 Å². The molecule has 64 valence electrons. The summed E-state index contributed by atoms with van der Waals surface area (Å²) in [6, 6.07) is 0. The molecule has 0 saturated heterocycles. The molecule has 0 heteroatoms. The second kappa shape index (κ2) is 6.41. The maximum atomic E-state index is 3.66. The molecule has 0 aliphatic rings. The van der Waals surface area contributed by atoms with Gasteiger partial charge < -0.3 is 0 Å². The van der Waals surface area contributed by atoms with Crippen LogP contribution in [0.4, 0.5) is 0 Å². The van der Waals surface area contributed by atoms with E-state index in [4.69, 9.17) is 0 Å². The lowest BCUT2D eigenvalue weighted by atomic mass is 10.2. The van der Waals surface area contributed by atoms with Gasteiger partial charge in [-0.1, -0.05) is 60.8 Å². The number of rotatable bonds is 4. The Kier molecular flexibility index (Phi) is 5.72. The minimum absolute atomic E-state index is 1.16. The van der Waals surface area contributed by atoms with Crippen molar-refractivity contribution in [3.63, 3.8) is 0 Å². The van der Waals surface area contributed by atoms with Crippen molar-refractivity contribution < 1.29 is 0 Å². The van der Waals surface area contributed by atoms with Gasteiger partial charge in [-0.15, -0.1) is 0 Å². The highest BCUT2D eigenvalue weighted by Crippen LogP contribution is 1.98. The van der Waals surface area contributed by atoms with Gasteiger partial charge in [0.1, 0.15) is 0 Å². The number of hydrogen-bond acceptors (Lipinski definition) is 0. The molecule has 0 aromatic rings. The molecule has 0 fully saturated rings. The molecule has 0 atom stereocenters. The number of allylic oxidation sites excluding steroid dienone is 8. The van der Waals surface area contributed by atoms with E-state index in [9.17, 15) is 0 Å². The molecule has 0 bridgehead atoms. The van der Waals surface area contributed by atoms with E-state index in [0.717, 1.165) is 5.57 Å². The topological polar surface area (TPSA) is 0 Å². The molecule has 0 aliphatic carbocycles. The molecule has 0 aromatic carbocycles. The van der Waals surface area contributed by atoms with Crippen molar-refractivity contribution in [1.29, 1.82) is 0 Å². The van der Waals surface area contributed by atoms with Gasteiger partial charge in [-0.3, -0.25) is 0 Å². The Hall–Kier alpha value is -1.30. The van der Waals surface area contributed by atoms with E-state index >= 15 is 0 Å². The van der Waals surface area contributed by atoms with Crippen LogP contribution < -0.4 is 0 Å². The van der Waals surface area contributed by atoms with Crippen molar-refractivity contribution in [2.24, 2.45) is 0 Å². The first-order valence-electron chi connectivity index (χ1n) is 3.97. The molecule has 0 radical (unpaired) electrons. The van der Waals surface area contributed by atoms with Gasteiger partial charge in [0, 0.05) is 0 Å². The van der Waals surface area contributed by atoms with Gasteiger partial charge in [-0.05, 0) is 13.8 Å². The lowest BCUT2D eigenvalue weighted by Crippen LogP contribution is -1.66. The quantitative estimate of drug-likeness (QED) is 0.549. The van der Waals surface area contributed by atoms with E-state index in [-0.39, 0.29) is 0 Å². The van der Waals surface area contributed by atoms with Gasteiger partial charge in [0.15, 0.2) is 0 Å². The average Bonchev–Trinajstić information content (AvgIpc) is 2.04. The Balaban J connectivity index is 4.16. The average molecular weight is 160 g/mol. The highest BCUT2D eigenvalue weighted by Gasteiger charge is 1.77. The third-order valence-corrected chi connectivity index (χ3v) is 1.42. The predicted molar refractivity (Wildman–Crippen MR) is 57.0 cm³/mol. The monoisotopic (exact) mass is 160 g/mol. The first-order valence-corrected chi connectivity index (χ1v) is 3.97. The normalized spacial score (nSPS) is 13.5. The van der Waals surface area contributed by atoms with Gasteiger partial charge >= 0.3 is 0 Å². The SMILES string of the molecule is C=C/C=C(C)/C=C\C=C(\C)C=C. The van der Waals surface area contributed by atoms with Crippen molar-refractivity contribution in [2.45, 2.75) is 13.8 Å². The molecule has 0 spiro atoms. The van der Waals surface area contributed by atoms with Gasteiger partial charge in [-0.2, -0.15) is 0 Å². The zero-order valence-corrected chi connectivity index (χ0v) is 7.88. The van der Waals surface area contributed by atoms with Gasteiger partial charge in [-0.25, -0.2) is 0 Å². The van der Waals surface area contributed by atoms with E-state index in [1.54, 1.807) is 6.08 Å². The fourth-order valence-electron chi connectivity index (χ4n) is 0.661. The first-order chi connectivity index (χ1) is 5.70. The minimum Gasteiger partial charge on any atom is -0.0991 e. The maximum absolute atomic E-state index is 3.66. The van der Waals surface area contributed by atoms with Crippen molar-refractivity contribution in [1.82, 2.24) is 0 Å². The van der Waals surface area contributed by atoms with Crippen LogP contribution in [0.2, 0.25) is 0 Å². The molecule has 0 N–H and O–H groups in total. The van der Waals surface area contributed by atoms with Crippen LogP contribution in [-0.4, -0.2) is 0 Å². The Morgan fingerprint density at radius 2 is 1.67 bits per heavy atom. The highest BCUT2D eigenvalue weighted by atomic mass is 13.8. The first kappa shape index (κ1) is 10.7. The summed E-state index contributed by atoms with van der Waals surface area (Å²) in [5.41, 5.74) is 2.36. The lowest BCUT2D eigenvalue weighted by molar-refractivity contribution is 1.50. The van der Waals surface area contributed by atoms with E-state index in [2.05, 4.69) is 13.2 Å². The predicted octanol–water partition coefficient (Wildman–Crippen LogP) is 3.81. The van der Waals surface area contributed by atoms with E-state index in [0.29, 0.717) is 0 Å². The molecule has 0 amide bonds. The molecule has 0 aromatic heterocycles. The molecule has 0 nitrogen and oxygen atoms in total. The van der Waals surface area contributed by atoms with Gasteiger partial charge in [0.25, 0.3) is 0 Å². The van der Waals surface area contributed by atoms with Crippen LogP contribution >= 0.6 is 0 Å². The Morgan fingerprint density at radius 3 is 2.17 bits per heavy atom. The summed E-state index contributed by atoms with van der Waals surface area (Å²) in [5.74, 6) is 0. The molecule has 0 saturated carbocycles. The second-order valence-electron chi connectivity index (χ2n) is 2.62. The molecule has 0 aliphatic heterocycles. The van der Waals surface area contributed by atoms with Crippen LogP contribution in [0, 0.1) is 0 Å². The summed E-state index contributed by atoms with van der Waals surface area (Å²) in [7, 11) is 0. The lowest BCUT2D eigenvalue weighted by Gasteiger charge is -1.87. The summed E-state index contributed by atoms with van der Waals surface area (Å²) in [6.07, 6.45) is 11.6. The Morgan fingerprint density at radius 1 is 1.00 bits per heavy atom. The second-order valence-corrected chi connectivity index (χ2v) is 2.62. The maximum Gasteiger partial charge on any atom is -0.0398 e. The molecule has 0 unspecified atom stereocenters. The number of hydrogen-bond donors (Lipinski definition) is 0. The zero-order valence-electron chi connectivity index (χ0n) is 7.88. The summed E-state index contributed by atoms with van der Waals surface area (Å²) in [5, 5.41) is 0. The molecular formula is C12H16. The molecule has 0 rings (SSSR count). The van der Waals surface area contributed by atoms with Crippen molar-refractivity contribution >= 4 is 0 Å². The zero-order chi connectivity index (χ0) is 9.40. The van der Waals surface area contributed by atoms with E-state index < -0.39 is 0 Å². The largest absolute Gasteiger partial charge is 0.0991 e. The fraction of sp³-hybridized carbons (Fsp3) is 0.167. The molecule has 0 heterocycles. The summed E-state index contributed by atoms with van der Waals surface area (Å²) >= 11 is 0.